The van der Waals surface area contributed by atoms with E-state index in [-0.39, 0.29) is 0 Å². The predicted molar refractivity (Wildman–Crippen MR) is 236 cm³/mol. The molecular weight excluding hydrogens is 679 g/mol. The molecular formula is C54H37NO. The molecule has 1 aromatic heterocycles. The maximum Gasteiger partial charge on any atom is 0.135 e. The Morgan fingerprint density at radius 3 is 0.964 bits per heavy atom. The van der Waals surface area contributed by atoms with Crippen LogP contribution in [0.1, 0.15) is 0 Å². The lowest BCUT2D eigenvalue weighted by Crippen LogP contribution is -2.09. The van der Waals surface area contributed by atoms with Gasteiger partial charge in [-0.2, -0.15) is 0 Å². The van der Waals surface area contributed by atoms with E-state index in [1.54, 1.807) is 0 Å². The first-order chi connectivity index (χ1) is 27.7. The number of nitrogens with zero attached hydrogens (tertiary/aromatic N) is 1. The van der Waals surface area contributed by atoms with Crippen LogP contribution in [0.2, 0.25) is 0 Å². The number of rotatable bonds is 8. The third kappa shape index (κ3) is 6.44. The molecule has 0 aliphatic heterocycles. The van der Waals surface area contributed by atoms with Crippen molar-refractivity contribution in [3.8, 4) is 55.6 Å². The third-order valence-electron chi connectivity index (χ3n) is 10.7. The van der Waals surface area contributed by atoms with Crippen LogP contribution in [0.25, 0.3) is 77.6 Å². The number of hydrogen-bond donors (Lipinski definition) is 0. The maximum absolute atomic E-state index is 6.10. The summed E-state index contributed by atoms with van der Waals surface area (Å²) in [4.78, 5) is 2.33. The van der Waals surface area contributed by atoms with Gasteiger partial charge >= 0.3 is 0 Å². The van der Waals surface area contributed by atoms with Crippen LogP contribution in [0.15, 0.2) is 229 Å². The zero-order valence-corrected chi connectivity index (χ0v) is 30.7. The summed E-state index contributed by atoms with van der Waals surface area (Å²) in [5.74, 6) is 0. The Kier molecular flexibility index (Phi) is 8.55. The molecule has 0 aliphatic rings. The Balaban J connectivity index is 0.949. The Hall–Kier alpha value is -7.42. The van der Waals surface area contributed by atoms with Crippen LogP contribution in [0.3, 0.4) is 0 Å². The molecule has 56 heavy (non-hydrogen) atoms. The van der Waals surface area contributed by atoms with Gasteiger partial charge in [0.2, 0.25) is 0 Å². The quantitative estimate of drug-likeness (QED) is 0.156. The molecule has 2 heteroatoms. The van der Waals surface area contributed by atoms with E-state index >= 15 is 0 Å². The van der Waals surface area contributed by atoms with Crippen molar-refractivity contribution in [1.82, 2.24) is 0 Å². The monoisotopic (exact) mass is 715 g/mol. The summed E-state index contributed by atoms with van der Waals surface area (Å²) < 4.78 is 6.10. The summed E-state index contributed by atoms with van der Waals surface area (Å²) in [5, 5.41) is 2.27. The standard InChI is InChI=1S/C54H37NO/c1-3-9-38(10-4-1)40-15-17-41(18-16-40)42-19-21-43(22-20-42)45-25-32-49(33-26-45)55(48-30-23-44(24-31-48)39-11-5-2-6-12-39)50-34-27-46(28-35-50)47-29-36-54-52(37-47)51-13-7-8-14-53(51)56-54/h1-37H. The molecule has 0 radical (unpaired) electrons. The van der Waals surface area contributed by atoms with Crippen molar-refractivity contribution in [1.29, 1.82) is 0 Å². The summed E-state index contributed by atoms with van der Waals surface area (Å²) in [6.07, 6.45) is 0. The van der Waals surface area contributed by atoms with Gasteiger partial charge in [-0.05, 0) is 110 Å². The van der Waals surface area contributed by atoms with E-state index in [0.29, 0.717) is 0 Å². The molecule has 0 atom stereocenters. The van der Waals surface area contributed by atoms with Crippen LogP contribution < -0.4 is 4.90 Å². The molecule has 0 saturated carbocycles. The number of fused-ring (bicyclic) bond motifs is 3. The number of furan rings is 1. The summed E-state index contributed by atoms with van der Waals surface area (Å²) in [6, 6.07) is 80.1. The molecule has 10 rings (SSSR count). The van der Waals surface area contributed by atoms with Crippen LogP contribution >= 0.6 is 0 Å². The number of para-hydroxylation sites is 1. The Morgan fingerprint density at radius 2 is 0.536 bits per heavy atom. The molecule has 264 valence electrons. The fraction of sp³-hybridized carbons (Fsp3) is 0. The smallest absolute Gasteiger partial charge is 0.135 e. The fourth-order valence-electron chi connectivity index (χ4n) is 7.73. The van der Waals surface area contributed by atoms with E-state index in [0.717, 1.165) is 50.1 Å². The van der Waals surface area contributed by atoms with E-state index in [1.165, 1.54) is 44.5 Å². The highest BCUT2D eigenvalue weighted by molar-refractivity contribution is 6.06. The molecule has 0 fully saturated rings. The van der Waals surface area contributed by atoms with Crippen LogP contribution in [-0.2, 0) is 0 Å². The van der Waals surface area contributed by atoms with E-state index in [2.05, 4.69) is 217 Å². The number of anilines is 3. The van der Waals surface area contributed by atoms with Crippen molar-refractivity contribution < 1.29 is 4.42 Å². The van der Waals surface area contributed by atoms with E-state index in [4.69, 9.17) is 4.42 Å². The first-order valence-corrected chi connectivity index (χ1v) is 19.1. The van der Waals surface area contributed by atoms with E-state index < -0.39 is 0 Å². The zero-order valence-electron chi connectivity index (χ0n) is 30.7. The highest BCUT2D eigenvalue weighted by atomic mass is 16.3. The Labute approximate surface area is 327 Å². The maximum atomic E-state index is 6.10. The van der Waals surface area contributed by atoms with Crippen molar-refractivity contribution in [3.63, 3.8) is 0 Å². The minimum absolute atomic E-state index is 0.907. The van der Waals surface area contributed by atoms with E-state index in [9.17, 15) is 0 Å². The molecule has 0 spiro atoms. The van der Waals surface area contributed by atoms with Gasteiger partial charge in [0, 0.05) is 27.8 Å². The van der Waals surface area contributed by atoms with Crippen molar-refractivity contribution in [2.75, 3.05) is 4.90 Å². The topological polar surface area (TPSA) is 16.4 Å². The lowest BCUT2D eigenvalue weighted by atomic mass is 9.98. The predicted octanol–water partition coefficient (Wildman–Crippen LogP) is 15.4. The van der Waals surface area contributed by atoms with Crippen LogP contribution in [0, 0.1) is 0 Å². The summed E-state index contributed by atoms with van der Waals surface area (Å²) in [7, 11) is 0. The molecule has 0 bridgehead atoms. The largest absolute Gasteiger partial charge is 0.456 e. The van der Waals surface area contributed by atoms with Gasteiger partial charge in [-0.3, -0.25) is 0 Å². The summed E-state index contributed by atoms with van der Waals surface area (Å²) >= 11 is 0. The molecule has 10 aromatic rings. The molecule has 2 nitrogen and oxygen atoms in total. The van der Waals surface area contributed by atoms with Crippen LogP contribution in [0.4, 0.5) is 17.1 Å². The molecule has 0 aliphatic carbocycles. The van der Waals surface area contributed by atoms with Gasteiger partial charge in [0.1, 0.15) is 11.2 Å². The van der Waals surface area contributed by atoms with Gasteiger partial charge < -0.3 is 9.32 Å². The fourth-order valence-corrected chi connectivity index (χ4v) is 7.73. The van der Waals surface area contributed by atoms with Crippen molar-refractivity contribution >= 4 is 39.0 Å². The van der Waals surface area contributed by atoms with Crippen LogP contribution in [-0.4, -0.2) is 0 Å². The zero-order chi connectivity index (χ0) is 37.3. The average molecular weight is 716 g/mol. The SMILES string of the molecule is c1ccc(-c2ccc(-c3ccc(-c4ccc(N(c5ccc(-c6ccccc6)cc5)c5ccc(-c6ccc7oc8ccccc8c7c6)cc5)cc4)cc3)cc2)cc1. The number of benzene rings is 9. The lowest BCUT2D eigenvalue weighted by molar-refractivity contribution is 0.669. The van der Waals surface area contributed by atoms with Crippen LogP contribution in [0.5, 0.6) is 0 Å². The van der Waals surface area contributed by atoms with Gasteiger partial charge in [-0.1, -0.05) is 170 Å². The first kappa shape index (κ1) is 33.2. The normalized spacial score (nSPS) is 11.2. The number of hydrogen-bond acceptors (Lipinski definition) is 2. The first-order valence-electron chi connectivity index (χ1n) is 19.1. The van der Waals surface area contributed by atoms with Crippen molar-refractivity contribution in [2.24, 2.45) is 0 Å². The minimum Gasteiger partial charge on any atom is -0.456 e. The highest BCUT2D eigenvalue weighted by Crippen LogP contribution is 2.39. The Bertz CT molecular complexity index is 2890. The van der Waals surface area contributed by atoms with Gasteiger partial charge in [0.15, 0.2) is 0 Å². The molecule has 0 saturated heterocycles. The van der Waals surface area contributed by atoms with Gasteiger partial charge in [-0.25, -0.2) is 0 Å². The second kappa shape index (κ2) is 14.4. The average Bonchev–Trinajstić information content (AvgIpc) is 3.66. The lowest BCUT2D eigenvalue weighted by Gasteiger charge is -2.26. The molecule has 0 N–H and O–H groups in total. The van der Waals surface area contributed by atoms with Crippen molar-refractivity contribution in [2.45, 2.75) is 0 Å². The second-order valence-corrected chi connectivity index (χ2v) is 14.2. The third-order valence-corrected chi connectivity index (χ3v) is 10.7. The molecule has 9 aromatic carbocycles. The molecule has 1 heterocycles. The minimum atomic E-state index is 0.907. The summed E-state index contributed by atoms with van der Waals surface area (Å²) in [5.41, 5.74) is 17.1. The van der Waals surface area contributed by atoms with Gasteiger partial charge in [0.05, 0.1) is 0 Å². The molecule has 0 amide bonds. The van der Waals surface area contributed by atoms with Crippen molar-refractivity contribution in [3.05, 3.63) is 224 Å². The molecule has 0 unspecified atom stereocenters. The Morgan fingerprint density at radius 1 is 0.232 bits per heavy atom. The highest BCUT2D eigenvalue weighted by Gasteiger charge is 2.15. The van der Waals surface area contributed by atoms with Gasteiger partial charge in [-0.15, -0.1) is 0 Å². The summed E-state index contributed by atoms with van der Waals surface area (Å²) in [6.45, 7) is 0. The second-order valence-electron chi connectivity index (χ2n) is 14.2. The van der Waals surface area contributed by atoms with Gasteiger partial charge in [0.25, 0.3) is 0 Å². The van der Waals surface area contributed by atoms with E-state index in [1.807, 2.05) is 12.1 Å².